The molecule has 0 spiro atoms. The number of para-hydroxylation sites is 1. The van der Waals surface area contributed by atoms with E-state index >= 15 is 0 Å². The zero-order chi connectivity index (χ0) is 37.6. The summed E-state index contributed by atoms with van der Waals surface area (Å²) in [5, 5.41) is 13.3. The molecule has 0 unspecified atom stereocenters. The Hall–Kier alpha value is -5.54. The summed E-state index contributed by atoms with van der Waals surface area (Å²) < 4.78 is 8.96. The van der Waals surface area contributed by atoms with Crippen molar-refractivity contribution in [3.05, 3.63) is 149 Å². The highest BCUT2D eigenvalue weighted by atomic mass is 16.3. The normalized spacial score (nSPS) is 14.7. The summed E-state index contributed by atoms with van der Waals surface area (Å²) in [5.41, 5.74) is 16.8. The molecule has 0 saturated carbocycles. The minimum Gasteiger partial charge on any atom is -0.512 e. The van der Waals surface area contributed by atoms with Gasteiger partial charge in [-0.05, 0) is 115 Å². The molecule has 8 rings (SSSR count). The summed E-state index contributed by atoms with van der Waals surface area (Å²) in [6.07, 6.45) is 15.4. The Morgan fingerprint density at radius 1 is 0.925 bits per heavy atom. The molecule has 0 aliphatic heterocycles. The van der Waals surface area contributed by atoms with Crippen molar-refractivity contribution >= 4 is 45.2 Å². The van der Waals surface area contributed by atoms with Gasteiger partial charge in [0.15, 0.2) is 0 Å². The lowest BCUT2D eigenvalue weighted by Crippen LogP contribution is -2.18. The van der Waals surface area contributed by atoms with Gasteiger partial charge in [-0.25, -0.2) is 0 Å². The van der Waals surface area contributed by atoms with Crippen LogP contribution >= 0.6 is 0 Å². The molecule has 6 aromatic rings. The number of rotatable bonds is 7. The van der Waals surface area contributed by atoms with Gasteiger partial charge >= 0.3 is 0 Å². The fourth-order valence-electron chi connectivity index (χ4n) is 8.55. The van der Waals surface area contributed by atoms with Gasteiger partial charge in [-0.2, -0.15) is 0 Å². The second-order valence-electron chi connectivity index (χ2n) is 14.6. The first-order valence-corrected chi connectivity index (χ1v) is 19.2. The predicted molar refractivity (Wildman–Crippen MR) is 229 cm³/mol. The third-order valence-corrected chi connectivity index (χ3v) is 10.9. The number of aliphatic hydroxyl groups excluding tert-OH is 1. The highest BCUT2D eigenvalue weighted by Crippen LogP contribution is 2.52. The van der Waals surface area contributed by atoms with Gasteiger partial charge in [0.1, 0.15) is 17.1 Å². The lowest BCUT2D eigenvalue weighted by atomic mass is 9.78. The third kappa shape index (κ3) is 5.74. The Bertz CT molecular complexity index is 2540. The van der Waals surface area contributed by atoms with E-state index in [-0.39, 0.29) is 5.41 Å². The first-order chi connectivity index (χ1) is 25.6. The molecule has 1 N–H and O–H groups in total. The number of nitrogens with zero attached hydrogens (tertiary/aromatic N) is 1. The molecule has 2 aromatic heterocycles. The van der Waals surface area contributed by atoms with E-state index < -0.39 is 0 Å². The highest BCUT2D eigenvalue weighted by Gasteiger charge is 2.38. The van der Waals surface area contributed by atoms with Crippen LogP contribution < -0.4 is 0 Å². The second-order valence-corrected chi connectivity index (χ2v) is 14.6. The molecule has 0 amide bonds. The molecule has 2 aliphatic carbocycles. The monoisotopic (exact) mass is 697 g/mol. The Balaban J connectivity index is 0.00000214. The van der Waals surface area contributed by atoms with Crippen molar-refractivity contribution in [3.8, 4) is 27.9 Å². The van der Waals surface area contributed by atoms with Crippen molar-refractivity contribution in [2.24, 2.45) is 0 Å². The zero-order valence-electron chi connectivity index (χ0n) is 32.5. The lowest BCUT2D eigenvalue weighted by molar-refractivity contribution is 0.391. The summed E-state index contributed by atoms with van der Waals surface area (Å²) >= 11 is 0. The molecular formula is C50H51NO2. The maximum Gasteiger partial charge on any atom is 0.143 e. The molecule has 3 heteroatoms. The molecule has 53 heavy (non-hydrogen) atoms. The molecule has 0 bridgehead atoms. The number of aliphatic hydroxyl groups is 1. The van der Waals surface area contributed by atoms with Gasteiger partial charge in [0.2, 0.25) is 0 Å². The maximum absolute atomic E-state index is 10.9. The molecule has 2 heterocycles. The van der Waals surface area contributed by atoms with Crippen molar-refractivity contribution in [1.29, 1.82) is 0 Å². The van der Waals surface area contributed by atoms with Crippen LogP contribution in [0.15, 0.2) is 114 Å². The van der Waals surface area contributed by atoms with Crippen LogP contribution in [0, 0.1) is 6.92 Å². The third-order valence-electron chi connectivity index (χ3n) is 10.9. The van der Waals surface area contributed by atoms with Crippen LogP contribution in [-0.4, -0.2) is 9.67 Å². The van der Waals surface area contributed by atoms with Crippen LogP contribution in [0.4, 0.5) is 0 Å². The second kappa shape index (κ2) is 14.1. The van der Waals surface area contributed by atoms with E-state index in [0.717, 1.165) is 68.7 Å². The molecule has 0 fully saturated rings. The highest BCUT2D eigenvalue weighted by molar-refractivity contribution is 6.03. The molecule has 2 aliphatic rings. The van der Waals surface area contributed by atoms with E-state index in [9.17, 15) is 5.11 Å². The topological polar surface area (TPSA) is 38.3 Å². The van der Waals surface area contributed by atoms with Crippen molar-refractivity contribution in [2.45, 2.75) is 80.1 Å². The summed E-state index contributed by atoms with van der Waals surface area (Å²) in [4.78, 5) is 0. The number of hydrogen-bond acceptors (Lipinski definition) is 2. The molecule has 268 valence electrons. The van der Waals surface area contributed by atoms with Crippen LogP contribution in [0.2, 0.25) is 0 Å². The van der Waals surface area contributed by atoms with E-state index in [1.165, 1.54) is 44.4 Å². The summed E-state index contributed by atoms with van der Waals surface area (Å²) in [5.74, 6) is 1.33. The SMILES string of the molecule is C=C(C)c1c(/C=C\C)oc2c(-c3ccc4c(c3)c(C)c(/C=C\CC)n4-c3ccc4c(c3)C(C)(C)c3c(C5=C(O)CCC=C5)cccc3-4)cccc12.CC. The van der Waals surface area contributed by atoms with Gasteiger partial charge in [0.05, 0.1) is 5.52 Å². The Morgan fingerprint density at radius 2 is 1.68 bits per heavy atom. The zero-order valence-corrected chi connectivity index (χ0v) is 32.5. The van der Waals surface area contributed by atoms with Gasteiger partial charge in [-0.3, -0.25) is 0 Å². The van der Waals surface area contributed by atoms with Crippen LogP contribution in [0.5, 0.6) is 0 Å². The molecule has 4 aromatic carbocycles. The summed E-state index contributed by atoms with van der Waals surface area (Å²) in [7, 11) is 0. The standard InChI is InChI=1S/C48H45NO2.C2H6/c1-8-10-21-41-30(5)39-27-31(33-17-13-20-38-45(29(3)4)44(15-9-2)51-47(33)38)23-26-42(39)49(41)32-24-25-34-36-18-14-19-37(35-16-11-12-22-43(35)50)46(36)48(6,7)40(34)28-32;1-2/h9-11,13-21,23-28,50H,3,8,12,22H2,1-2,4-7H3;1-2H3/b15-9-,21-10-;. The minimum atomic E-state index is -0.253. The number of hydrogen-bond donors (Lipinski definition) is 1. The van der Waals surface area contributed by atoms with Crippen LogP contribution in [0.1, 0.15) is 107 Å². The average Bonchev–Trinajstić information content (AvgIpc) is 3.76. The molecular weight excluding hydrogens is 647 g/mol. The van der Waals surface area contributed by atoms with E-state index in [4.69, 9.17) is 4.42 Å². The first-order valence-electron chi connectivity index (χ1n) is 19.2. The van der Waals surface area contributed by atoms with Gasteiger partial charge in [0.25, 0.3) is 0 Å². The van der Waals surface area contributed by atoms with Gasteiger partial charge in [-0.1, -0.05) is 114 Å². The fraction of sp³-hybridized carbons (Fsp3) is 0.240. The van der Waals surface area contributed by atoms with E-state index in [1.807, 2.05) is 39.8 Å². The number of benzene rings is 4. The van der Waals surface area contributed by atoms with Crippen molar-refractivity contribution in [3.63, 3.8) is 0 Å². The quantitative estimate of drug-likeness (QED) is 0.180. The molecule has 0 radical (unpaired) electrons. The van der Waals surface area contributed by atoms with Crippen molar-refractivity contribution < 1.29 is 9.52 Å². The Kier molecular flexibility index (Phi) is 9.55. The van der Waals surface area contributed by atoms with E-state index in [1.54, 1.807) is 0 Å². The van der Waals surface area contributed by atoms with Crippen molar-refractivity contribution in [1.82, 2.24) is 4.57 Å². The number of aryl methyl sites for hydroxylation is 1. The number of furan rings is 1. The van der Waals surface area contributed by atoms with E-state index in [2.05, 4.69) is 136 Å². The maximum atomic E-state index is 10.9. The van der Waals surface area contributed by atoms with Gasteiger partial charge in [-0.15, -0.1) is 0 Å². The summed E-state index contributed by atoms with van der Waals surface area (Å²) in [6.45, 7) is 21.4. The van der Waals surface area contributed by atoms with Gasteiger partial charge in [0, 0.05) is 50.7 Å². The van der Waals surface area contributed by atoms with Crippen LogP contribution in [0.25, 0.3) is 73.1 Å². The largest absolute Gasteiger partial charge is 0.512 e. The predicted octanol–water partition coefficient (Wildman–Crippen LogP) is 14.8. The first kappa shape index (κ1) is 35.8. The van der Waals surface area contributed by atoms with E-state index in [0.29, 0.717) is 12.2 Å². The average molecular weight is 698 g/mol. The molecule has 3 nitrogen and oxygen atoms in total. The fourth-order valence-corrected chi connectivity index (χ4v) is 8.55. The number of aromatic nitrogens is 1. The molecule has 0 atom stereocenters. The van der Waals surface area contributed by atoms with Crippen LogP contribution in [-0.2, 0) is 5.41 Å². The Labute approximate surface area is 315 Å². The lowest BCUT2D eigenvalue weighted by Gasteiger charge is -2.26. The van der Waals surface area contributed by atoms with Crippen molar-refractivity contribution in [2.75, 3.05) is 0 Å². The number of allylic oxidation sites excluding steroid dienone is 7. The molecule has 0 saturated heterocycles. The number of fused-ring (bicyclic) bond motifs is 5. The minimum absolute atomic E-state index is 0.253. The van der Waals surface area contributed by atoms with Gasteiger partial charge < -0.3 is 14.1 Å². The van der Waals surface area contributed by atoms with Crippen LogP contribution in [0.3, 0.4) is 0 Å². The summed E-state index contributed by atoms with van der Waals surface area (Å²) in [6, 6.07) is 26.8. The Morgan fingerprint density at radius 3 is 2.42 bits per heavy atom. The smallest absolute Gasteiger partial charge is 0.143 e.